The fourth-order valence-electron chi connectivity index (χ4n) is 3.55. The topological polar surface area (TPSA) is 72.2 Å². The Kier molecular flexibility index (Phi) is 5.47. The molecule has 0 aliphatic heterocycles. The first-order chi connectivity index (χ1) is 12.4. The normalized spacial score (nSPS) is 16.4. The summed E-state index contributed by atoms with van der Waals surface area (Å²) in [4.78, 5) is 25.9. The van der Waals surface area contributed by atoms with Crippen molar-refractivity contribution in [2.45, 2.75) is 52.4 Å². The minimum atomic E-state index is -0.456. The van der Waals surface area contributed by atoms with Crippen LogP contribution in [0.15, 0.2) is 24.3 Å². The van der Waals surface area contributed by atoms with Crippen LogP contribution in [0.5, 0.6) is 0 Å². The van der Waals surface area contributed by atoms with Crippen LogP contribution < -0.4 is 11.1 Å². The first-order valence-corrected chi connectivity index (χ1v) is 10.1. The molecule has 1 unspecified atom stereocenters. The zero-order valence-corrected chi connectivity index (χ0v) is 16.4. The monoisotopic (exact) mass is 370 g/mol. The lowest BCUT2D eigenvalue weighted by Gasteiger charge is -2.20. The van der Waals surface area contributed by atoms with Gasteiger partial charge < -0.3 is 11.1 Å². The Morgan fingerprint density at radius 1 is 1.27 bits per heavy atom. The summed E-state index contributed by atoms with van der Waals surface area (Å²) in [5.41, 5.74) is 8.96. The van der Waals surface area contributed by atoms with Crippen LogP contribution in [0, 0.1) is 5.92 Å². The van der Waals surface area contributed by atoms with Gasteiger partial charge in [0.25, 0.3) is 11.8 Å². The number of hydrogen-bond donors (Lipinski definition) is 2. The Bertz CT molecular complexity index is 821. The van der Waals surface area contributed by atoms with E-state index in [1.54, 1.807) is 0 Å². The van der Waals surface area contributed by atoms with Crippen molar-refractivity contribution in [3.8, 4) is 0 Å². The SMILES string of the molecule is CCC1CCc2c(sc(NC(=O)c3ccc(C(C)C)cc3)c2C(N)=O)C1. The molecule has 1 aromatic carbocycles. The molecular weight excluding hydrogens is 344 g/mol. The molecule has 1 heterocycles. The van der Waals surface area contributed by atoms with Crippen molar-refractivity contribution in [1.82, 2.24) is 0 Å². The van der Waals surface area contributed by atoms with E-state index >= 15 is 0 Å². The van der Waals surface area contributed by atoms with Crippen molar-refractivity contribution in [3.05, 3.63) is 51.4 Å². The summed E-state index contributed by atoms with van der Waals surface area (Å²) in [6.45, 7) is 6.43. The van der Waals surface area contributed by atoms with Crippen LogP contribution in [-0.2, 0) is 12.8 Å². The Morgan fingerprint density at radius 3 is 2.54 bits per heavy atom. The number of primary amides is 1. The van der Waals surface area contributed by atoms with Gasteiger partial charge >= 0.3 is 0 Å². The molecule has 5 heteroatoms. The summed E-state index contributed by atoms with van der Waals surface area (Å²) < 4.78 is 0. The lowest BCUT2D eigenvalue weighted by molar-refractivity contribution is 0.1000. The van der Waals surface area contributed by atoms with E-state index in [4.69, 9.17) is 5.73 Å². The van der Waals surface area contributed by atoms with Crippen molar-refractivity contribution >= 4 is 28.2 Å². The van der Waals surface area contributed by atoms with Crippen LogP contribution >= 0.6 is 11.3 Å². The molecule has 2 aromatic rings. The fourth-order valence-corrected chi connectivity index (χ4v) is 4.91. The molecule has 26 heavy (non-hydrogen) atoms. The highest BCUT2D eigenvalue weighted by molar-refractivity contribution is 7.17. The van der Waals surface area contributed by atoms with Gasteiger partial charge in [0.05, 0.1) is 5.56 Å². The maximum atomic E-state index is 12.6. The van der Waals surface area contributed by atoms with Crippen LogP contribution in [0.2, 0.25) is 0 Å². The van der Waals surface area contributed by atoms with Crippen LogP contribution in [0.3, 0.4) is 0 Å². The van der Waals surface area contributed by atoms with Crippen molar-refractivity contribution in [2.75, 3.05) is 5.32 Å². The standard InChI is InChI=1S/C21H26N2O2S/c1-4-13-5-10-16-17(11-13)26-21(18(16)19(22)24)23-20(25)15-8-6-14(7-9-15)12(2)3/h6-9,12-13H,4-5,10-11H2,1-3H3,(H2,22,24)(H,23,25). The number of benzene rings is 1. The molecule has 1 aliphatic rings. The summed E-state index contributed by atoms with van der Waals surface area (Å²) in [5.74, 6) is 0.412. The van der Waals surface area contributed by atoms with Crippen LogP contribution in [0.4, 0.5) is 5.00 Å². The van der Waals surface area contributed by atoms with Gasteiger partial charge in [0.15, 0.2) is 0 Å². The van der Waals surface area contributed by atoms with Gasteiger partial charge in [-0.15, -0.1) is 11.3 Å². The second-order valence-corrected chi connectivity index (χ2v) is 8.43. The van der Waals surface area contributed by atoms with E-state index in [2.05, 4.69) is 26.1 Å². The molecule has 0 saturated carbocycles. The number of hydrogen-bond acceptors (Lipinski definition) is 3. The third-order valence-corrected chi connectivity index (χ3v) is 6.43. The first kappa shape index (κ1) is 18.6. The third kappa shape index (κ3) is 3.68. The van der Waals surface area contributed by atoms with E-state index in [-0.39, 0.29) is 5.91 Å². The predicted molar refractivity (Wildman–Crippen MR) is 107 cm³/mol. The van der Waals surface area contributed by atoms with E-state index in [0.29, 0.717) is 28.0 Å². The maximum absolute atomic E-state index is 12.6. The van der Waals surface area contributed by atoms with E-state index in [0.717, 1.165) is 31.2 Å². The number of amides is 2. The van der Waals surface area contributed by atoms with E-state index in [9.17, 15) is 9.59 Å². The smallest absolute Gasteiger partial charge is 0.256 e. The third-order valence-electron chi connectivity index (χ3n) is 5.26. The van der Waals surface area contributed by atoms with Gasteiger partial charge in [-0.1, -0.05) is 39.3 Å². The molecule has 0 fully saturated rings. The predicted octanol–water partition coefficient (Wildman–Crippen LogP) is 4.74. The second kappa shape index (κ2) is 7.62. The lowest BCUT2D eigenvalue weighted by Crippen LogP contribution is -2.19. The summed E-state index contributed by atoms with van der Waals surface area (Å²) in [6.07, 6.45) is 4.04. The maximum Gasteiger partial charge on any atom is 0.256 e. The highest BCUT2D eigenvalue weighted by atomic mass is 32.1. The molecule has 4 nitrogen and oxygen atoms in total. The van der Waals surface area contributed by atoms with E-state index < -0.39 is 5.91 Å². The van der Waals surface area contributed by atoms with Crippen molar-refractivity contribution in [1.29, 1.82) is 0 Å². The minimum absolute atomic E-state index is 0.201. The van der Waals surface area contributed by atoms with Gasteiger partial charge in [0, 0.05) is 10.4 Å². The first-order valence-electron chi connectivity index (χ1n) is 9.26. The number of carbonyl (C=O) groups is 2. The van der Waals surface area contributed by atoms with Gasteiger partial charge in [-0.3, -0.25) is 9.59 Å². The largest absolute Gasteiger partial charge is 0.365 e. The molecule has 3 N–H and O–H groups in total. The van der Waals surface area contributed by atoms with Crippen LogP contribution in [-0.4, -0.2) is 11.8 Å². The number of anilines is 1. The van der Waals surface area contributed by atoms with Gasteiger partial charge in [-0.05, 0) is 54.4 Å². The second-order valence-electron chi connectivity index (χ2n) is 7.32. The lowest BCUT2D eigenvalue weighted by atomic mass is 9.85. The molecule has 0 radical (unpaired) electrons. The minimum Gasteiger partial charge on any atom is -0.365 e. The molecule has 0 bridgehead atoms. The molecule has 1 atom stereocenters. The van der Waals surface area contributed by atoms with Crippen LogP contribution in [0.1, 0.15) is 76.3 Å². The van der Waals surface area contributed by atoms with Gasteiger partial charge in [-0.2, -0.15) is 0 Å². The molecule has 0 spiro atoms. The van der Waals surface area contributed by atoms with Crippen molar-refractivity contribution in [3.63, 3.8) is 0 Å². The van der Waals surface area contributed by atoms with Gasteiger partial charge in [-0.25, -0.2) is 0 Å². The quantitative estimate of drug-likeness (QED) is 0.798. The summed E-state index contributed by atoms with van der Waals surface area (Å²) >= 11 is 1.51. The van der Waals surface area contributed by atoms with Crippen molar-refractivity contribution < 1.29 is 9.59 Å². The molecular formula is C21H26N2O2S. The Morgan fingerprint density at radius 2 is 1.96 bits per heavy atom. The van der Waals surface area contributed by atoms with Crippen molar-refractivity contribution in [2.24, 2.45) is 11.7 Å². The Hall–Kier alpha value is -2.14. The van der Waals surface area contributed by atoms with E-state index in [1.165, 1.54) is 21.8 Å². The molecule has 0 saturated heterocycles. The van der Waals surface area contributed by atoms with Gasteiger partial charge in [0.2, 0.25) is 0 Å². The number of thiophene rings is 1. The number of nitrogens with one attached hydrogen (secondary N) is 1. The summed E-state index contributed by atoms with van der Waals surface area (Å²) in [5, 5.41) is 3.52. The highest BCUT2D eigenvalue weighted by Crippen LogP contribution is 2.40. The average Bonchev–Trinajstić information content (AvgIpc) is 2.98. The number of carbonyl (C=O) groups excluding carboxylic acids is 2. The number of fused-ring (bicyclic) bond motifs is 1. The molecule has 1 aliphatic carbocycles. The average molecular weight is 371 g/mol. The zero-order chi connectivity index (χ0) is 18.8. The Balaban J connectivity index is 1.86. The van der Waals surface area contributed by atoms with Gasteiger partial charge in [0.1, 0.15) is 5.00 Å². The number of nitrogens with two attached hydrogens (primary N) is 1. The molecule has 138 valence electrons. The molecule has 3 rings (SSSR count). The summed E-state index contributed by atoms with van der Waals surface area (Å²) in [7, 11) is 0. The summed E-state index contributed by atoms with van der Waals surface area (Å²) in [6, 6.07) is 7.60. The molecule has 2 amide bonds. The number of rotatable bonds is 5. The van der Waals surface area contributed by atoms with E-state index in [1.807, 2.05) is 24.3 Å². The molecule has 1 aromatic heterocycles. The zero-order valence-electron chi connectivity index (χ0n) is 15.6. The highest BCUT2D eigenvalue weighted by Gasteiger charge is 2.28. The van der Waals surface area contributed by atoms with Crippen LogP contribution in [0.25, 0.3) is 0 Å². The Labute approximate surface area is 158 Å². The fraction of sp³-hybridized carbons (Fsp3) is 0.429.